The Morgan fingerprint density at radius 1 is 1.26 bits per heavy atom. The van der Waals surface area contributed by atoms with E-state index >= 15 is 0 Å². The van der Waals surface area contributed by atoms with E-state index in [9.17, 15) is 14.9 Å². The van der Waals surface area contributed by atoms with Gasteiger partial charge in [0, 0.05) is 28.6 Å². The SMILES string of the molecule is Cc1ccc(OCc2nc(C(=O)OCc3cc([N+](=O)[O-])cc4c3OCOC4)cs2)cc1. The summed E-state index contributed by atoms with van der Waals surface area (Å²) in [5.41, 5.74) is 2.10. The quantitative estimate of drug-likeness (QED) is 0.305. The summed E-state index contributed by atoms with van der Waals surface area (Å²) in [5.74, 6) is 0.518. The number of carbonyl (C=O) groups excluding carboxylic acids is 1. The molecule has 10 heteroatoms. The van der Waals surface area contributed by atoms with Gasteiger partial charge in [0.2, 0.25) is 0 Å². The van der Waals surface area contributed by atoms with Gasteiger partial charge in [-0.25, -0.2) is 9.78 Å². The highest BCUT2D eigenvalue weighted by Crippen LogP contribution is 2.33. The second kappa shape index (κ2) is 9.11. The molecule has 0 unspecified atom stereocenters. The van der Waals surface area contributed by atoms with Crippen molar-refractivity contribution in [3.8, 4) is 11.5 Å². The van der Waals surface area contributed by atoms with E-state index in [4.69, 9.17) is 18.9 Å². The zero-order valence-electron chi connectivity index (χ0n) is 16.5. The number of ether oxygens (including phenoxy) is 4. The van der Waals surface area contributed by atoms with E-state index in [0.717, 1.165) is 5.56 Å². The lowest BCUT2D eigenvalue weighted by atomic mass is 10.1. The number of thiazole rings is 1. The first-order chi connectivity index (χ1) is 15.0. The van der Waals surface area contributed by atoms with E-state index in [1.165, 1.54) is 23.5 Å². The second-order valence-electron chi connectivity index (χ2n) is 6.77. The highest BCUT2D eigenvalue weighted by atomic mass is 32.1. The maximum atomic E-state index is 12.4. The fraction of sp³-hybridized carbons (Fsp3) is 0.238. The van der Waals surface area contributed by atoms with Crippen molar-refractivity contribution in [1.29, 1.82) is 0 Å². The van der Waals surface area contributed by atoms with Crippen LogP contribution in [0.1, 0.15) is 32.2 Å². The number of esters is 1. The molecule has 9 nitrogen and oxygen atoms in total. The van der Waals surface area contributed by atoms with E-state index in [0.29, 0.717) is 27.6 Å². The molecule has 0 radical (unpaired) electrons. The second-order valence-corrected chi connectivity index (χ2v) is 7.71. The van der Waals surface area contributed by atoms with Crippen LogP contribution in [-0.2, 0) is 29.3 Å². The Hall–Kier alpha value is -3.50. The first-order valence-corrected chi connectivity index (χ1v) is 10.2. The fourth-order valence-corrected chi connectivity index (χ4v) is 3.64. The first kappa shape index (κ1) is 20.8. The lowest BCUT2D eigenvalue weighted by Crippen LogP contribution is -2.15. The molecule has 1 aliphatic heterocycles. The third-order valence-corrected chi connectivity index (χ3v) is 5.31. The van der Waals surface area contributed by atoms with Crippen LogP contribution in [0.2, 0.25) is 0 Å². The summed E-state index contributed by atoms with van der Waals surface area (Å²) in [5, 5.41) is 13.4. The van der Waals surface area contributed by atoms with Crippen molar-refractivity contribution in [2.45, 2.75) is 26.7 Å². The number of aryl methyl sites for hydroxylation is 1. The number of carbonyl (C=O) groups is 1. The lowest BCUT2D eigenvalue weighted by Gasteiger charge is -2.20. The first-order valence-electron chi connectivity index (χ1n) is 9.31. The summed E-state index contributed by atoms with van der Waals surface area (Å²) in [6, 6.07) is 10.3. The number of hydrogen-bond acceptors (Lipinski definition) is 9. The van der Waals surface area contributed by atoms with E-state index < -0.39 is 10.9 Å². The smallest absolute Gasteiger partial charge is 0.358 e. The molecule has 0 saturated heterocycles. The largest absolute Gasteiger partial charge is 0.486 e. The number of benzene rings is 2. The molecule has 0 atom stereocenters. The van der Waals surface area contributed by atoms with Crippen LogP contribution in [0, 0.1) is 17.0 Å². The minimum absolute atomic E-state index is 0.0299. The number of rotatable bonds is 7. The van der Waals surface area contributed by atoms with Crippen LogP contribution in [0.3, 0.4) is 0 Å². The van der Waals surface area contributed by atoms with Crippen molar-refractivity contribution in [2.24, 2.45) is 0 Å². The van der Waals surface area contributed by atoms with Crippen LogP contribution < -0.4 is 9.47 Å². The van der Waals surface area contributed by atoms with E-state index in [2.05, 4.69) is 4.98 Å². The summed E-state index contributed by atoms with van der Waals surface area (Å²) >= 11 is 1.28. The molecular formula is C21H18N2O7S. The summed E-state index contributed by atoms with van der Waals surface area (Å²) in [6.07, 6.45) is 0. The van der Waals surface area contributed by atoms with E-state index in [-0.39, 0.29) is 38.0 Å². The van der Waals surface area contributed by atoms with Crippen LogP contribution in [0.25, 0.3) is 0 Å². The standard InChI is InChI=1S/C21H18N2O7S/c1-13-2-4-17(5-3-13)28-10-19-22-18(11-31-19)21(24)29-9-15-7-16(23(25)26)6-14-8-27-12-30-20(14)15/h2-7,11H,8-10,12H2,1H3. The van der Waals surface area contributed by atoms with E-state index in [1.54, 1.807) is 5.38 Å². The number of aromatic nitrogens is 1. The number of hydrogen-bond donors (Lipinski definition) is 0. The van der Waals surface area contributed by atoms with Crippen LogP contribution >= 0.6 is 11.3 Å². The lowest BCUT2D eigenvalue weighted by molar-refractivity contribution is -0.385. The molecule has 2 heterocycles. The summed E-state index contributed by atoms with van der Waals surface area (Å²) in [7, 11) is 0. The van der Waals surface area contributed by atoms with Gasteiger partial charge in [-0.3, -0.25) is 10.1 Å². The van der Waals surface area contributed by atoms with Gasteiger partial charge < -0.3 is 18.9 Å². The Balaban J connectivity index is 1.40. The van der Waals surface area contributed by atoms with Gasteiger partial charge in [-0.15, -0.1) is 11.3 Å². The molecule has 0 aliphatic carbocycles. The van der Waals surface area contributed by atoms with Crippen LogP contribution in [0.5, 0.6) is 11.5 Å². The number of nitrogens with zero attached hydrogens (tertiary/aromatic N) is 2. The average molecular weight is 442 g/mol. The molecule has 160 valence electrons. The maximum absolute atomic E-state index is 12.4. The van der Waals surface area contributed by atoms with Crippen LogP contribution in [-0.4, -0.2) is 22.7 Å². The molecule has 1 aliphatic rings. The monoisotopic (exact) mass is 442 g/mol. The van der Waals surface area contributed by atoms with Crippen molar-refractivity contribution < 1.29 is 28.7 Å². The topological polar surface area (TPSA) is 110 Å². The van der Waals surface area contributed by atoms with Gasteiger partial charge in [-0.2, -0.15) is 0 Å². The van der Waals surface area contributed by atoms with Crippen molar-refractivity contribution in [3.63, 3.8) is 0 Å². The van der Waals surface area contributed by atoms with Crippen molar-refractivity contribution in [1.82, 2.24) is 4.98 Å². The third kappa shape index (κ3) is 4.98. The minimum atomic E-state index is -0.634. The van der Waals surface area contributed by atoms with Gasteiger partial charge in [0.05, 0.1) is 11.5 Å². The summed E-state index contributed by atoms with van der Waals surface area (Å²) in [4.78, 5) is 27.3. The van der Waals surface area contributed by atoms with Crippen molar-refractivity contribution in [3.05, 3.63) is 79.3 Å². The molecule has 3 aromatic rings. The van der Waals surface area contributed by atoms with Gasteiger partial charge >= 0.3 is 5.97 Å². The normalized spacial score (nSPS) is 12.5. The number of fused-ring (bicyclic) bond motifs is 1. The third-order valence-electron chi connectivity index (χ3n) is 4.49. The van der Waals surface area contributed by atoms with E-state index in [1.807, 2.05) is 31.2 Å². The van der Waals surface area contributed by atoms with Gasteiger partial charge in [-0.1, -0.05) is 17.7 Å². The summed E-state index contributed by atoms with van der Waals surface area (Å²) in [6.45, 7) is 2.26. The zero-order valence-corrected chi connectivity index (χ0v) is 17.3. The van der Waals surface area contributed by atoms with Gasteiger partial charge in [0.15, 0.2) is 12.5 Å². The molecular weight excluding hydrogens is 424 g/mol. The Morgan fingerprint density at radius 3 is 2.84 bits per heavy atom. The fourth-order valence-electron chi connectivity index (χ4n) is 2.96. The van der Waals surface area contributed by atoms with Crippen LogP contribution in [0.15, 0.2) is 41.8 Å². The molecule has 0 N–H and O–H groups in total. The highest BCUT2D eigenvalue weighted by molar-refractivity contribution is 7.09. The number of nitro benzene ring substituents is 1. The highest BCUT2D eigenvalue weighted by Gasteiger charge is 2.22. The Morgan fingerprint density at radius 2 is 2.06 bits per heavy atom. The van der Waals surface area contributed by atoms with Crippen molar-refractivity contribution >= 4 is 23.0 Å². The molecule has 0 spiro atoms. The molecule has 0 saturated carbocycles. The predicted molar refractivity (Wildman–Crippen MR) is 110 cm³/mol. The predicted octanol–water partition coefficient (Wildman–Crippen LogP) is 4.16. The zero-order chi connectivity index (χ0) is 21.8. The Labute approximate surface area is 181 Å². The number of nitro groups is 1. The molecule has 4 rings (SSSR count). The van der Waals surface area contributed by atoms with Gasteiger partial charge in [0.25, 0.3) is 5.69 Å². The Kier molecular flexibility index (Phi) is 6.10. The summed E-state index contributed by atoms with van der Waals surface area (Å²) < 4.78 is 21.6. The van der Waals surface area contributed by atoms with Crippen molar-refractivity contribution in [2.75, 3.05) is 6.79 Å². The molecule has 0 bridgehead atoms. The average Bonchev–Trinajstić information content (AvgIpc) is 3.26. The molecule has 2 aromatic carbocycles. The van der Waals surface area contributed by atoms with Gasteiger partial charge in [-0.05, 0) is 19.1 Å². The minimum Gasteiger partial charge on any atom is -0.486 e. The number of non-ortho nitro benzene ring substituents is 1. The maximum Gasteiger partial charge on any atom is 0.358 e. The molecule has 1 aromatic heterocycles. The molecule has 0 amide bonds. The molecule has 0 fully saturated rings. The van der Waals surface area contributed by atoms with Crippen LogP contribution in [0.4, 0.5) is 5.69 Å². The van der Waals surface area contributed by atoms with Gasteiger partial charge in [0.1, 0.15) is 29.7 Å². The Bertz CT molecular complexity index is 1110. The molecule has 31 heavy (non-hydrogen) atoms.